The average molecular weight is 390 g/mol. The highest BCUT2D eigenvalue weighted by atomic mass is 16.5. The largest absolute Gasteiger partial charge is 0.494 e. The Bertz CT molecular complexity index is 1240. The number of hydrogen-bond donors (Lipinski definition) is 1. The van der Waals surface area contributed by atoms with E-state index in [0.717, 1.165) is 5.56 Å². The maximum Gasteiger partial charge on any atom is 0.256 e. The number of rotatable bonds is 5. The Balaban J connectivity index is 1.76. The standard InChI is InChI=1S/C20H18N6O3/c1-12(7-21)26-10-14(9-23-26)25-11-17-15(20(25)27)4-5-16(24-17)13-6-18(28-2)19(29-3)22-8-13/h4-6,8-12,27H,1-3H3/t12-/m0/s1. The van der Waals surface area contributed by atoms with E-state index in [1.54, 1.807) is 61.6 Å². The molecule has 0 saturated heterocycles. The molecule has 0 bridgehead atoms. The minimum atomic E-state index is -0.404. The van der Waals surface area contributed by atoms with Gasteiger partial charge in [-0.3, -0.25) is 9.25 Å². The van der Waals surface area contributed by atoms with Gasteiger partial charge in [0.05, 0.1) is 55.0 Å². The van der Waals surface area contributed by atoms with Gasteiger partial charge in [0.25, 0.3) is 5.88 Å². The summed E-state index contributed by atoms with van der Waals surface area (Å²) in [6.45, 7) is 1.74. The molecule has 0 aliphatic heterocycles. The molecule has 29 heavy (non-hydrogen) atoms. The molecule has 1 N–H and O–H groups in total. The summed E-state index contributed by atoms with van der Waals surface area (Å²) in [6, 6.07) is 7.11. The fraction of sp³-hybridized carbons (Fsp3) is 0.200. The van der Waals surface area contributed by atoms with Gasteiger partial charge in [-0.1, -0.05) is 0 Å². The van der Waals surface area contributed by atoms with Crippen LogP contribution < -0.4 is 9.47 Å². The Hall–Kier alpha value is -4.06. The molecule has 0 aromatic carbocycles. The van der Waals surface area contributed by atoms with E-state index in [9.17, 15) is 5.11 Å². The zero-order valence-electron chi connectivity index (χ0n) is 16.1. The normalized spacial score (nSPS) is 11.9. The van der Waals surface area contributed by atoms with Crippen LogP contribution in [-0.2, 0) is 0 Å². The Morgan fingerprint density at radius 1 is 1.17 bits per heavy atom. The average Bonchev–Trinajstić information content (AvgIpc) is 3.37. The van der Waals surface area contributed by atoms with Crippen molar-refractivity contribution in [1.82, 2.24) is 24.3 Å². The summed E-state index contributed by atoms with van der Waals surface area (Å²) in [7, 11) is 3.07. The van der Waals surface area contributed by atoms with Crippen LogP contribution in [0.1, 0.15) is 13.0 Å². The second-order valence-electron chi connectivity index (χ2n) is 6.37. The molecule has 1 atom stereocenters. The molecule has 4 aromatic heterocycles. The number of nitrogens with zero attached hydrogens (tertiary/aromatic N) is 6. The molecule has 0 unspecified atom stereocenters. The third-order valence-electron chi connectivity index (χ3n) is 4.62. The van der Waals surface area contributed by atoms with Crippen molar-refractivity contribution in [2.75, 3.05) is 14.2 Å². The van der Waals surface area contributed by atoms with Crippen LogP contribution in [0.3, 0.4) is 0 Å². The molecule has 146 valence electrons. The quantitative estimate of drug-likeness (QED) is 0.557. The van der Waals surface area contributed by atoms with Gasteiger partial charge in [0, 0.05) is 18.0 Å². The molecular weight excluding hydrogens is 372 g/mol. The van der Waals surface area contributed by atoms with Gasteiger partial charge < -0.3 is 14.6 Å². The molecule has 0 spiro atoms. The van der Waals surface area contributed by atoms with Crippen molar-refractivity contribution in [3.05, 3.63) is 43.0 Å². The Labute approximate surface area is 166 Å². The summed E-state index contributed by atoms with van der Waals surface area (Å²) >= 11 is 0. The van der Waals surface area contributed by atoms with Crippen molar-refractivity contribution in [2.24, 2.45) is 0 Å². The molecule has 0 radical (unpaired) electrons. The number of pyridine rings is 2. The van der Waals surface area contributed by atoms with Gasteiger partial charge in [0.2, 0.25) is 5.88 Å². The van der Waals surface area contributed by atoms with E-state index in [1.165, 1.54) is 11.8 Å². The second-order valence-corrected chi connectivity index (χ2v) is 6.37. The van der Waals surface area contributed by atoms with E-state index in [2.05, 4.69) is 21.1 Å². The molecule has 0 amide bonds. The van der Waals surface area contributed by atoms with E-state index < -0.39 is 6.04 Å². The molecule has 4 aromatic rings. The smallest absolute Gasteiger partial charge is 0.256 e. The summed E-state index contributed by atoms with van der Waals surface area (Å²) in [5, 5.41) is 24.5. The summed E-state index contributed by atoms with van der Waals surface area (Å²) in [5.41, 5.74) is 2.68. The molecule has 9 heteroatoms. The van der Waals surface area contributed by atoms with Gasteiger partial charge in [0.15, 0.2) is 5.75 Å². The number of methoxy groups -OCH3 is 2. The van der Waals surface area contributed by atoms with Crippen LogP contribution in [0.4, 0.5) is 0 Å². The third-order valence-corrected chi connectivity index (χ3v) is 4.62. The van der Waals surface area contributed by atoms with Gasteiger partial charge in [-0.25, -0.2) is 9.97 Å². The maximum atomic E-state index is 10.6. The van der Waals surface area contributed by atoms with E-state index >= 15 is 0 Å². The number of fused-ring (bicyclic) bond motifs is 1. The highest BCUT2D eigenvalue weighted by Crippen LogP contribution is 2.33. The van der Waals surface area contributed by atoms with Crippen molar-refractivity contribution < 1.29 is 14.6 Å². The van der Waals surface area contributed by atoms with Crippen LogP contribution in [0.2, 0.25) is 0 Å². The van der Waals surface area contributed by atoms with Crippen molar-refractivity contribution in [3.8, 4) is 40.5 Å². The number of ether oxygens (including phenoxy) is 2. The first-order valence-corrected chi connectivity index (χ1v) is 8.79. The number of aromatic hydroxyl groups is 1. The van der Waals surface area contributed by atoms with Crippen LogP contribution >= 0.6 is 0 Å². The molecular formula is C20H18N6O3. The molecule has 0 aliphatic carbocycles. The lowest BCUT2D eigenvalue weighted by molar-refractivity contribution is 0.343. The van der Waals surface area contributed by atoms with E-state index in [0.29, 0.717) is 33.9 Å². The SMILES string of the molecule is COc1cc(-c2ccc3c(O)n(-c4cnn([C@@H](C)C#N)c4)cc3n2)cnc1OC. The Morgan fingerprint density at radius 3 is 2.72 bits per heavy atom. The third kappa shape index (κ3) is 3.10. The predicted octanol–water partition coefficient (Wildman–Crippen LogP) is 3.09. The molecule has 4 rings (SSSR count). The van der Waals surface area contributed by atoms with Crippen molar-refractivity contribution in [1.29, 1.82) is 5.26 Å². The highest BCUT2D eigenvalue weighted by molar-refractivity contribution is 5.87. The Morgan fingerprint density at radius 2 is 2.00 bits per heavy atom. The molecule has 9 nitrogen and oxygen atoms in total. The second kappa shape index (κ2) is 7.16. The minimum absolute atomic E-state index is 0.0497. The van der Waals surface area contributed by atoms with Gasteiger partial charge in [-0.15, -0.1) is 0 Å². The van der Waals surface area contributed by atoms with Crippen molar-refractivity contribution in [2.45, 2.75) is 13.0 Å². The first-order chi connectivity index (χ1) is 14.0. The van der Waals surface area contributed by atoms with Crippen LogP contribution in [0, 0.1) is 11.3 Å². The van der Waals surface area contributed by atoms with Gasteiger partial charge in [-0.05, 0) is 25.1 Å². The topological polar surface area (TPSA) is 111 Å². The monoisotopic (exact) mass is 390 g/mol. The fourth-order valence-electron chi connectivity index (χ4n) is 3.03. The lowest BCUT2D eigenvalue weighted by Crippen LogP contribution is -2.02. The highest BCUT2D eigenvalue weighted by Gasteiger charge is 2.15. The number of hydrogen-bond acceptors (Lipinski definition) is 7. The number of nitriles is 1. The molecule has 0 aliphatic rings. The van der Waals surface area contributed by atoms with Crippen molar-refractivity contribution in [3.63, 3.8) is 0 Å². The summed E-state index contributed by atoms with van der Waals surface area (Å²) < 4.78 is 13.6. The van der Waals surface area contributed by atoms with Gasteiger partial charge >= 0.3 is 0 Å². The van der Waals surface area contributed by atoms with Crippen LogP contribution in [0.25, 0.3) is 27.8 Å². The zero-order valence-corrected chi connectivity index (χ0v) is 16.1. The zero-order chi connectivity index (χ0) is 20.5. The summed E-state index contributed by atoms with van der Waals surface area (Å²) in [6.07, 6.45) is 6.66. The maximum absolute atomic E-state index is 10.6. The lowest BCUT2D eigenvalue weighted by Gasteiger charge is -2.08. The Kier molecular flexibility index (Phi) is 4.52. The van der Waals surface area contributed by atoms with Crippen LogP contribution in [0.15, 0.2) is 43.0 Å². The lowest BCUT2D eigenvalue weighted by atomic mass is 10.1. The van der Waals surface area contributed by atoms with Crippen LogP contribution in [0.5, 0.6) is 17.5 Å². The first-order valence-electron chi connectivity index (χ1n) is 8.79. The summed E-state index contributed by atoms with van der Waals surface area (Å²) in [4.78, 5) is 8.89. The minimum Gasteiger partial charge on any atom is -0.494 e. The van der Waals surface area contributed by atoms with Crippen molar-refractivity contribution >= 4 is 10.9 Å². The van der Waals surface area contributed by atoms with E-state index in [-0.39, 0.29) is 5.88 Å². The molecule has 4 heterocycles. The predicted molar refractivity (Wildman–Crippen MR) is 105 cm³/mol. The number of aromatic nitrogens is 5. The van der Waals surface area contributed by atoms with Crippen LogP contribution in [-0.4, -0.2) is 43.6 Å². The fourth-order valence-corrected chi connectivity index (χ4v) is 3.03. The first kappa shape index (κ1) is 18.3. The molecule has 0 fully saturated rings. The van der Waals surface area contributed by atoms with Gasteiger partial charge in [-0.2, -0.15) is 10.4 Å². The summed E-state index contributed by atoms with van der Waals surface area (Å²) in [5.74, 6) is 0.949. The van der Waals surface area contributed by atoms with Gasteiger partial charge in [0.1, 0.15) is 6.04 Å². The van der Waals surface area contributed by atoms with E-state index in [4.69, 9.17) is 14.7 Å². The van der Waals surface area contributed by atoms with E-state index in [1.807, 2.05) is 0 Å². The molecule has 0 saturated carbocycles.